The molecule has 0 radical (unpaired) electrons. The third-order valence-corrected chi connectivity index (χ3v) is 5.47. The normalized spacial score (nSPS) is 23.1. The minimum absolute atomic E-state index is 0. The topological polar surface area (TPSA) is 41.1 Å². The first-order valence-corrected chi connectivity index (χ1v) is 8.80. The molecule has 3 rings (SSSR count). The van der Waals surface area contributed by atoms with E-state index in [0.717, 1.165) is 38.8 Å². The lowest BCUT2D eigenvalue weighted by molar-refractivity contribution is -0.128. The van der Waals surface area contributed by atoms with Gasteiger partial charge in [-0.25, -0.2) is 0 Å². The van der Waals surface area contributed by atoms with Crippen molar-refractivity contribution < 1.29 is 4.79 Å². The molecule has 4 heteroatoms. The van der Waals surface area contributed by atoms with E-state index >= 15 is 0 Å². The summed E-state index contributed by atoms with van der Waals surface area (Å²) in [4.78, 5) is 13.1. The molecule has 128 valence electrons. The van der Waals surface area contributed by atoms with Crippen molar-refractivity contribution in [1.29, 1.82) is 0 Å². The number of nitrogens with one attached hydrogen (secondary N) is 2. The fourth-order valence-electron chi connectivity index (χ4n) is 4.20. The van der Waals surface area contributed by atoms with E-state index in [1.54, 1.807) is 0 Å². The number of carbonyl (C=O) groups is 1. The monoisotopic (exact) mass is 336 g/mol. The molecule has 1 saturated heterocycles. The average molecular weight is 337 g/mol. The van der Waals surface area contributed by atoms with Crippen LogP contribution in [0.2, 0.25) is 0 Å². The van der Waals surface area contributed by atoms with Crippen LogP contribution in [0.3, 0.4) is 0 Å². The molecule has 0 spiro atoms. The summed E-state index contributed by atoms with van der Waals surface area (Å²) in [5.41, 5.74) is 2.19. The first-order valence-electron chi connectivity index (χ1n) is 8.80. The highest BCUT2D eigenvalue weighted by Crippen LogP contribution is 2.41. The molecule has 0 aromatic heterocycles. The zero-order valence-electron chi connectivity index (χ0n) is 14.1. The molecule has 1 amide bonds. The summed E-state index contributed by atoms with van der Waals surface area (Å²) in [5, 5.41) is 6.72. The van der Waals surface area contributed by atoms with Crippen molar-refractivity contribution in [2.24, 2.45) is 0 Å². The van der Waals surface area contributed by atoms with Gasteiger partial charge in [0.2, 0.25) is 5.91 Å². The second-order valence-electron chi connectivity index (χ2n) is 6.96. The van der Waals surface area contributed by atoms with Crippen LogP contribution in [0, 0.1) is 6.92 Å². The summed E-state index contributed by atoms with van der Waals surface area (Å²) in [7, 11) is 0. The lowest BCUT2D eigenvalue weighted by atomic mass is 9.67. The first-order chi connectivity index (χ1) is 10.7. The van der Waals surface area contributed by atoms with E-state index in [-0.39, 0.29) is 23.7 Å². The molecule has 0 bridgehead atoms. The van der Waals surface area contributed by atoms with Crippen molar-refractivity contribution >= 4 is 18.3 Å². The van der Waals surface area contributed by atoms with Crippen LogP contribution in [0.15, 0.2) is 24.3 Å². The SMILES string of the molecule is Cc1ccccc1C1(C(=O)NCC2CCCN2)CCCCC1.Cl. The summed E-state index contributed by atoms with van der Waals surface area (Å²) >= 11 is 0. The Morgan fingerprint density at radius 1 is 1.22 bits per heavy atom. The number of hydrogen-bond acceptors (Lipinski definition) is 2. The second-order valence-corrected chi connectivity index (χ2v) is 6.96. The molecule has 1 aromatic carbocycles. The second kappa shape index (κ2) is 8.16. The summed E-state index contributed by atoms with van der Waals surface area (Å²) in [6.45, 7) is 3.99. The molecular formula is C19H29ClN2O. The highest BCUT2D eigenvalue weighted by atomic mass is 35.5. The number of halogens is 1. The van der Waals surface area contributed by atoms with Crippen molar-refractivity contribution in [3.8, 4) is 0 Å². The summed E-state index contributed by atoms with van der Waals surface area (Å²) in [6, 6.07) is 8.90. The number of benzene rings is 1. The van der Waals surface area contributed by atoms with Gasteiger partial charge in [-0.3, -0.25) is 4.79 Å². The highest BCUT2D eigenvalue weighted by molar-refractivity contribution is 5.88. The van der Waals surface area contributed by atoms with Gasteiger partial charge in [0.15, 0.2) is 0 Å². The number of aryl methyl sites for hydroxylation is 1. The smallest absolute Gasteiger partial charge is 0.230 e. The van der Waals surface area contributed by atoms with Gasteiger partial charge in [0.25, 0.3) is 0 Å². The molecule has 1 aliphatic heterocycles. The van der Waals surface area contributed by atoms with Gasteiger partial charge in [0.1, 0.15) is 0 Å². The Kier molecular flexibility index (Phi) is 6.49. The molecule has 23 heavy (non-hydrogen) atoms. The number of amides is 1. The van der Waals surface area contributed by atoms with Gasteiger partial charge in [0.05, 0.1) is 5.41 Å². The van der Waals surface area contributed by atoms with E-state index in [1.807, 2.05) is 0 Å². The third kappa shape index (κ3) is 3.89. The van der Waals surface area contributed by atoms with Crippen LogP contribution in [-0.2, 0) is 10.2 Å². The Bertz CT molecular complexity index is 520. The summed E-state index contributed by atoms with van der Waals surface area (Å²) in [6.07, 6.45) is 7.95. The molecule has 1 aromatic rings. The maximum Gasteiger partial charge on any atom is 0.230 e. The average Bonchev–Trinajstić information content (AvgIpc) is 3.07. The quantitative estimate of drug-likeness (QED) is 0.883. The lowest BCUT2D eigenvalue weighted by Crippen LogP contribution is -2.49. The molecule has 2 aliphatic rings. The fraction of sp³-hybridized carbons (Fsp3) is 0.632. The maximum atomic E-state index is 13.1. The van der Waals surface area contributed by atoms with Gasteiger partial charge in [-0.1, -0.05) is 43.5 Å². The van der Waals surface area contributed by atoms with Gasteiger partial charge < -0.3 is 10.6 Å². The molecule has 1 heterocycles. The minimum atomic E-state index is -0.303. The van der Waals surface area contributed by atoms with E-state index in [1.165, 1.54) is 30.4 Å². The van der Waals surface area contributed by atoms with Crippen LogP contribution in [0.25, 0.3) is 0 Å². The van der Waals surface area contributed by atoms with Gasteiger partial charge in [-0.05, 0) is 50.3 Å². The van der Waals surface area contributed by atoms with Crippen LogP contribution in [0.5, 0.6) is 0 Å². The summed E-state index contributed by atoms with van der Waals surface area (Å²) < 4.78 is 0. The molecule has 2 fully saturated rings. The molecule has 1 unspecified atom stereocenters. The van der Waals surface area contributed by atoms with Crippen molar-refractivity contribution in [3.63, 3.8) is 0 Å². The van der Waals surface area contributed by atoms with Crippen molar-refractivity contribution in [1.82, 2.24) is 10.6 Å². The Hall–Kier alpha value is -1.06. The van der Waals surface area contributed by atoms with Crippen LogP contribution in [0.1, 0.15) is 56.1 Å². The molecular weight excluding hydrogens is 308 g/mol. The Balaban J connectivity index is 0.00000192. The number of hydrogen-bond donors (Lipinski definition) is 2. The lowest BCUT2D eigenvalue weighted by Gasteiger charge is -2.37. The van der Waals surface area contributed by atoms with Crippen molar-refractivity contribution in [2.45, 2.75) is 63.3 Å². The van der Waals surface area contributed by atoms with Crippen LogP contribution >= 0.6 is 12.4 Å². The van der Waals surface area contributed by atoms with Gasteiger partial charge >= 0.3 is 0 Å². The molecule has 1 atom stereocenters. The highest BCUT2D eigenvalue weighted by Gasteiger charge is 2.41. The van der Waals surface area contributed by atoms with E-state index < -0.39 is 0 Å². The first kappa shape index (κ1) is 18.3. The molecule has 1 saturated carbocycles. The van der Waals surface area contributed by atoms with Crippen LogP contribution in [0.4, 0.5) is 0 Å². The predicted molar refractivity (Wildman–Crippen MR) is 97.2 cm³/mol. The van der Waals surface area contributed by atoms with E-state index in [9.17, 15) is 4.79 Å². The standard InChI is InChI=1S/C19H28N2O.ClH/c1-15-8-3-4-10-17(15)19(11-5-2-6-12-19)18(22)21-14-16-9-7-13-20-16;/h3-4,8,10,16,20H,2,5-7,9,11-14H2,1H3,(H,21,22);1H. The maximum absolute atomic E-state index is 13.1. The predicted octanol–water partition coefficient (Wildman–Crippen LogP) is 3.49. The van der Waals surface area contributed by atoms with Crippen molar-refractivity contribution in [3.05, 3.63) is 35.4 Å². The third-order valence-electron chi connectivity index (χ3n) is 5.47. The number of rotatable bonds is 4. The number of carbonyl (C=O) groups excluding carboxylic acids is 1. The zero-order chi connectivity index (χ0) is 15.4. The zero-order valence-corrected chi connectivity index (χ0v) is 14.9. The van der Waals surface area contributed by atoms with Crippen molar-refractivity contribution in [2.75, 3.05) is 13.1 Å². The minimum Gasteiger partial charge on any atom is -0.354 e. The molecule has 3 nitrogen and oxygen atoms in total. The van der Waals surface area contributed by atoms with Gasteiger partial charge in [-0.2, -0.15) is 0 Å². The largest absolute Gasteiger partial charge is 0.354 e. The van der Waals surface area contributed by atoms with E-state index in [4.69, 9.17) is 0 Å². The fourth-order valence-corrected chi connectivity index (χ4v) is 4.20. The van der Waals surface area contributed by atoms with Gasteiger partial charge in [0, 0.05) is 12.6 Å². The van der Waals surface area contributed by atoms with E-state index in [0.29, 0.717) is 6.04 Å². The van der Waals surface area contributed by atoms with Crippen LogP contribution < -0.4 is 10.6 Å². The van der Waals surface area contributed by atoms with Crippen LogP contribution in [-0.4, -0.2) is 25.0 Å². The Labute approximate surface area is 146 Å². The van der Waals surface area contributed by atoms with E-state index in [2.05, 4.69) is 41.8 Å². The molecule has 2 N–H and O–H groups in total. The Morgan fingerprint density at radius 2 is 1.96 bits per heavy atom. The summed E-state index contributed by atoms with van der Waals surface area (Å²) in [5.74, 6) is 0.246. The van der Waals surface area contributed by atoms with Gasteiger partial charge in [-0.15, -0.1) is 12.4 Å². The Morgan fingerprint density at radius 3 is 2.61 bits per heavy atom. The molecule has 1 aliphatic carbocycles.